The quantitative estimate of drug-likeness (QED) is 0.452. The summed E-state index contributed by atoms with van der Waals surface area (Å²) in [5.74, 6) is -0.0828. The largest absolute Gasteiger partial charge is 0.393 e. The molecule has 1 aromatic carbocycles. The zero-order valence-electron chi connectivity index (χ0n) is 11.2. The van der Waals surface area contributed by atoms with Crippen molar-refractivity contribution < 1.29 is 9.63 Å². The van der Waals surface area contributed by atoms with Gasteiger partial charge in [0.15, 0.2) is 0 Å². The highest BCUT2D eigenvalue weighted by atomic mass is 35.5. The predicted octanol–water partition coefficient (Wildman–Crippen LogP) is 2.11. The number of carbonyl (C=O) groups is 1. The van der Waals surface area contributed by atoms with Crippen molar-refractivity contribution in [2.75, 3.05) is 11.9 Å². The summed E-state index contributed by atoms with van der Waals surface area (Å²) in [4.78, 5) is 16.4. The predicted molar refractivity (Wildman–Crippen MR) is 78.6 cm³/mol. The molecule has 2 amide bonds. The zero-order chi connectivity index (χ0) is 13.5. The fourth-order valence-corrected chi connectivity index (χ4v) is 1.43. The molecule has 6 nitrogen and oxygen atoms in total. The smallest absolute Gasteiger partial charge is 0.326 e. The minimum Gasteiger partial charge on any atom is -0.393 e. The number of guanidine groups is 1. The van der Waals surface area contributed by atoms with Crippen LogP contribution in [0.1, 0.15) is 18.1 Å². The Bertz CT molecular complexity index is 443. The Morgan fingerprint density at radius 1 is 1.37 bits per heavy atom. The van der Waals surface area contributed by atoms with Crippen LogP contribution in [0.3, 0.4) is 0 Å². The van der Waals surface area contributed by atoms with Crippen LogP contribution in [-0.4, -0.2) is 18.6 Å². The van der Waals surface area contributed by atoms with Gasteiger partial charge in [0.1, 0.15) is 6.61 Å². The second-order valence-electron chi connectivity index (χ2n) is 3.74. The third-order valence-corrected chi connectivity index (χ3v) is 2.25. The Labute approximate surface area is 118 Å². The molecular weight excluding hydrogens is 268 g/mol. The summed E-state index contributed by atoms with van der Waals surface area (Å²) in [5.41, 5.74) is 8.16. The molecule has 19 heavy (non-hydrogen) atoms. The van der Waals surface area contributed by atoms with Crippen molar-refractivity contribution in [1.29, 1.82) is 0 Å². The Hall–Kier alpha value is -1.95. The number of benzene rings is 1. The van der Waals surface area contributed by atoms with Crippen LogP contribution in [0.5, 0.6) is 0 Å². The summed E-state index contributed by atoms with van der Waals surface area (Å²) in [5, 5.41) is 8.58. The van der Waals surface area contributed by atoms with Crippen molar-refractivity contribution >= 4 is 30.1 Å². The maximum Gasteiger partial charge on any atom is 0.326 e. The zero-order valence-corrected chi connectivity index (χ0v) is 12.0. The molecule has 0 saturated carbocycles. The van der Waals surface area contributed by atoms with Gasteiger partial charge < -0.3 is 15.9 Å². The van der Waals surface area contributed by atoms with Crippen LogP contribution < -0.4 is 16.4 Å². The number of nitrogens with one attached hydrogen (secondary N) is 2. The molecule has 0 aliphatic rings. The monoisotopic (exact) mass is 286 g/mol. The molecule has 0 aliphatic carbocycles. The number of halogens is 1. The number of hydrogen-bond donors (Lipinski definition) is 3. The van der Waals surface area contributed by atoms with E-state index in [1.165, 1.54) is 0 Å². The van der Waals surface area contributed by atoms with Crippen molar-refractivity contribution in [3.8, 4) is 0 Å². The Morgan fingerprint density at radius 2 is 1.95 bits per heavy atom. The molecule has 0 bridgehead atoms. The first-order valence-corrected chi connectivity index (χ1v) is 5.64. The first-order valence-electron chi connectivity index (χ1n) is 5.64. The van der Waals surface area contributed by atoms with Gasteiger partial charge in [-0.05, 0) is 37.1 Å². The number of amides is 2. The molecule has 0 saturated heterocycles. The summed E-state index contributed by atoms with van der Waals surface area (Å²) in [6.45, 7) is 5.99. The van der Waals surface area contributed by atoms with Crippen LogP contribution >= 0.6 is 12.4 Å². The van der Waals surface area contributed by atoms with Gasteiger partial charge in [0, 0.05) is 5.69 Å². The van der Waals surface area contributed by atoms with Gasteiger partial charge in [-0.25, -0.2) is 4.79 Å². The second-order valence-corrected chi connectivity index (χ2v) is 3.74. The van der Waals surface area contributed by atoms with E-state index in [4.69, 9.17) is 10.6 Å². The summed E-state index contributed by atoms with van der Waals surface area (Å²) < 4.78 is 0. The van der Waals surface area contributed by atoms with Gasteiger partial charge in [-0.15, -0.1) is 12.4 Å². The molecule has 106 valence electrons. The highest BCUT2D eigenvalue weighted by molar-refractivity contribution is 6.02. The highest BCUT2D eigenvalue weighted by Crippen LogP contribution is 2.18. The average Bonchev–Trinajstić information content (AvgIpc) is 2.31. The standard InChI is InChI=1S/C12H18N4O2.ClH/c1-4-18-16-11(13)15-12(17)14-10-8(2)6-5-7-9(10)3;/h5-7H,4H2,1-3H3,(H4,13,14,15,16,17);1H. The molecule has 0 aliphatic heterocycles. The molecule has 0 radical (unpaired) electrons. The lowest BCUT2D eigenvalue weighted by Crippen LogP contribution is -2.39. The second kappa shape index (κ2) is 8.20. The van der Waals surface area contributed by atoms with Gasteiger partial charge in [0.2, 0.25) is 5.96 Å². The van der Waals surface area contributed by atoms with E-state index in [9.17, 15) is 4.79 Å². The molecule has 0 atom stereocenters. The van der Waals surface area contributed by atoms with Gasteiger partial charge in [-0.3, -0.25) is 5.32 Å². The van der Waals surface area contributed by atoms with E-state index in [1.54, 1.807) is 6.92 Å². The van der Waals surface area contributed by atoms with Crippen LogP contribution in [0.15, 0.2) is 23.4 Å². The van der Waals surface area contributed by atoms with Crippen LogP contribution in [0, 0.1) is 13.8 Å². The van der Waals surface area contributed by atoms with E-state index < -0.39 is 6.03 Å². The van der Waals surface area contributed by atoms with E-state index in [-0.39, 0.29) is 18.4 Å². The molecule has 0 heterocycles. The topological polar surface area (TPSA) is 88.7 Å². The lowest BCUT2D eigenvalue weighted by atomic mass is 10.1. The van der Waals surface area contributed by atoms with Crippen molar-refractivity contribution in [1.82, 2.24) is 5.32 Å². The fourth-order valence-electron chi connectivity index (χ4n) is 1.43. The number of rotatable bonds is 3. The first-order chi connectivity index (χ1) is 8.54. The van der Waals surface area contributed by atoms with Gasteiger partial charge in [-0.2, -0.15) is 0 Å². The van der Waals surface area contributed by atoms with E-state index in [0.29, 0.717) is 6.61 Å². The van der Waals surface area contributed by atoms with Crippen molar-refractivity contribution in [3.63, 3.8) is 0 Å². The minimum absolute atomic E-state index is 0. The molecule has 1 aromatic rings. The van der Waals surface area contributed by atoms with Crippen molar-refractivity contribution in [2.45, 2.75) is 20.8 Å². The van der Waals surface area contributed by atoms with Crippen LogP contribution in [0.25, 0.3) is 0 Å². The molecule has 1 rings (SSSR count). The summed E-state index contributed by atoms with van der Waals surface area (Å²) in [7, 11) is 0. The first kappa shape index (κ1) is 17.1. The molecule has 0 spiro atoms. The molecular formula is C12H19ClN4O2. The third-order valence-electron chi connectivity index (χ3n) is 2.25. The van der Waals surface area contributed by atoms with E-state index in [0.717, 1.165) is 16.8 Å². The SMILES string of the molecule is CCO/N=C(/N)NC(=O)Nc1c(C)cccc1C.Cl. The fraction of sp³-hybridized carbons (Fsp3) is 0.333. The number of aryl methyl sites for hydroxylation is 2. The number of nitrogens with two attached hydrogens (primary N) is 1. The Kier molecular flexibility index (Phi) is 7.36. The highest BCUT2D eigenvalue weighted by Gasteiger charge is 2.07. The van der Waals surface area contributed by atoms with Crippen LogP contribution in [0.2, 0.25) is 0 Å². The van der Waals surface area contributed by atoms with Crippen LogP contribution in [-0.2, 0) is 4.84 Å². The lowest BCUT2D eigenvalue weighted by molar-refractivity contribution is 0.157. The summed E-state index contributed by atoms with van der Waals surface area (Å²) in [6, 6.07) is 5.31. The average molecular weight is 287 g/mol. The third kappa shape index (κ3) is 5.48. The molecule has 0 aromatic heterocycles. The summed E-state index contributed by atoms with van der Waals surface area (Å²) >= 11 is 0. The van der Waals surface area contributed by atoms with E-state index >= 15 is 0 Å². The van der Waals surface area contributed by atoms with Gasteiger partial charge in [0.05, 0.1) is 0 Å². The van der Waals surface area contributed by atoms with Gasteiger partial charge in [-0.1, -0.05) is 18.2 Å². The number of anilines is 1. The number of urea groups is 1. The minimum atomic E-state index is -0.451. The van der Waals surface area contributed by atoms with E-state index in [2.05, 4.69) is 15.8 Å². The molecule has 0 unspecified atom stereocenters. The number of nitrogens with zero attached hydrogens (tertiary/aromatic N) is 1. The van der Waals surface area contributed by atoms with Gasteiger partial charge >= 0.3 is 6.03 Å². The van der Waals surface area contributed by atoms with Crippen LogP contribution in [0.4, 0.5) is 10.5 Å². The molecule has 4 N–H and O–H groups in total. The number of carbonyl (C=O) groups excluding carboxylic acids is 1. The number of para-hydroxylation sites is 1. The normalized spacial score (nSPS) is 10.4. The van der Waals surface area contributed by atoms with Crippen molar-refractivity contribution in [3.05, 3.63) is 29.3 Å². The Morgan fingerprint density at radius 3 is 2.47 bits per heavy atom. The number of oxime groups is 1. The van der Waals surface area contributed by atoms with Gasteiger partial charge in [0.25, 0.3) is 0 Å². The van der Waals surface area contributed by atoms with Crippen molar-refractivity contribution in [2.24, 2.45) is 10.9 Å². The molecule has 0 fully saturated rings. The summed E-state index contributed by atoms with van der Waals surface area (Å²) in [6.07, 6.45) is 0. The lowest BCUT2D eigenvalue weighted by Gasteiger charge is -2.11. The Balaban J connectivity index is 0.00000324. The number of hydrogen-bond acceptors (Lipinski definition) is 3. The maximum absolute atomic E-state index is 11.7. The maximum atomic E-state index is 11.7. The van der Waals surface area contributed by atoms with E-state index in [1.807, 2.05) is 32.0 Å². The molecule has 7 heteroatoms.